The highest BCUT2D eigenvalue weighted by atomic mass is 16.5. The topological polar surface area (TPSA) is 85.5 Å². The highest BCUT2D eigenvalue weighted by Gasteiger charge is 2.15. The summed E-state index contributed by atoms with van der Waals surface area (Å²) in [6, 6.07) is 11.6. The predicted octanol–water partition coefficient (Wildman–Crippen LogP) is 3.74. The van der Waals surface area contributed by atoms with Gasteiger partial charge >= 0.3 is 0 Å². The van der Waals surface area contributed by atoms with Gasteiger partial charge in [0.05, 0.1) is 18.9 Å². The van der Waals surface area contributed by atoms with Crippen molar-refractivity contribution in [1.82, 2.24) is 24.5 Å². The Morgan fingerprint density at radius 1 is 1.03 bits per heavy atom. The van der Waals surface area contributed by atoms with Gasteiger partial charge in [0.25, 0.3) is 0 Å². The van der Waals surface area contributed by atoms with Crippen LogP contribution in [0, 0.1) is 0 Å². The number of aryl methyl sites for hydroxylation is 2. The Hall–Kier alpha value is -3.43. The molecule has 172 valence electrons. The van der Waals surface area contributed by atoms with E-state index in [9.17, 15) is 0 Å². The molecular formula is C24H27N5O4. The molecule has 9 heteroatoms. The maximum absolute atomic E-state index is 6.26. The fourth-order valence-electron chi connectivity index (χ4n) is 3.98. The van der Waals surface area contributed by atoms with Gasteiger partial charge in [0, 0.05) is 38.3 Å². The lowest BCUT2D eigenvalue weighted by Crippen LogP contribution is -2.25. The summed E-state index contributed by atoms with van der Waals surface area (Å²) in [4.78, 5) is 0. The molecule has 0 bridgehead atoms. The van der Waals surface area contributed by atoms with E-state index >= 15 is 0 Å². The molecule has 1 aliphatic heterocycles. The van der Waals surface area contributed by atoms with Crippen LogP contribution in [0.1, 0.15) is 12.8 Å². The molecule has 1 saturated heterocycles. The Labute approximate surface area is 191 Å². The summed E-state index contributed by atoms with van der Waals surface area (Å²) >= 11 is 0. The SMILES string of the molecule is Cn1cnnc1-c1cc(Oc2ccc(OCCOC3CCOCC3)cc2)c2c(cnn2C)c1. The van der Waals surface area contributed by atoms with Gasteiger partial charge in [0.2, 0.25) is 0 Å². The summed E-state index contributed by atoms with van der Waals surface area (Å²) < 4.78 is 27.0. The van der Waals surface area contributed by atoms with Gasteiger partial charge in [0.15, 0.2) is 11.6 Å². The zero-order chi connectivity index (χ0) is 22.6. The lowest BCUT2D eigenvalue weighted by molar-refractivity contribution is -0.0388. The van der Waals surface area contributed by atoms with E-state index in [0.717, 1.165) is 54.1 Å². The molecule has 2 aromatic carbocycles. The van der Waals surface area contributed by atoms with Crippen LogP contribution in [0.3, 0.4) is 0 Å². The number of hydrogen-bond acceptors (Lipinski definition) is 7. The van der Waals surface area contributed by atoms with Gasteiger partial charge in [-0.25, -0.2) is 0 Å². The van der Waals surface area contributed by atoms with Crippen LogP contribution in [0.2, 0.25) is 0 Å². The van der Waals surface area contributed by atoms with Crippen molar-refractivity contribution >= 4 is 10.9 Å². The first kappa shape index (κ1) is 21.4. The van der Waals surface area contributed by atoms with E-state index < -0.39 is 0 Å². The molecule has 3 heterocycles. The quantitative estimate of drug-likeness (QED) is 0.379. The molecule has 4 aromatic rings. The molecule has 0 radical (unpaired) electrons. The normalized spacial score (nSPS) is 14.6. The molecule has 0 N–H and O–H groups in total. The molecule has 1 aliphatic rings. The van der Waals surface area contributed by atoms with Gasteiger partial charge in [-0.3, -0.25) is 4.68 Å². The minimum atomic E-state index is 0.277. The van der Waals surface area contributed by atoms with Gasteiger partial charge in [-0.2, -0.15) is 5.10 Å². The Bertz CT molecular complexity index is 1210. The molecule has 0 spiro atoms. The lowest BCUT2D eigenvalue weighted by Gasteiger charge is -2.22. The monoisotopic (exact) mass is 449 g/mol. The molecule has 0 unspecified atom stereocenters. The third-order valence-corrected chi connectivity index (χ3v) is 5.69. The molecule has 0 amide bonds. The fourth-order valence-corrected chi connectivity index (χ4v) is 3.98. The number of rotatable bonds is 8. The Morgan fingerprint density at radius 2 is 1.82 bits per heavy atom. The van der Waals surface area contributed by atoms with E-state index in [4.69, 9.17) is 18.9 Å². The standard InChI is InChI=1S/C24H27N5O4/c1-28-16-25-27-24(28)17-13-18-15-26-29(2)23(18)22(14-17)33-21-5-3-19(4-6-21)31-11-12-32-20-7-9-30-10-8-20/h3-6,13-16,20H,7-12H2,1-2H3. The van der Waals surface area contributed by atoms with Crippen molar-refractivity contribution < 1.29 is 18.9 Å². The summed E-state index contributed by atoms with van der Waals surface area (Å²) in [5.74, 6) is 2.94. The molecule has 0 atom stereocenters. The lowest BCUT2D eigenvalue weighted by atomic mass is 10.1. The molecule has 0 saturated carbocycles. The molecular weight excluding hydrogens is 422 g/mol. The van der Waals surface area contributed by atoms with Crippen molar-refractivity contribution in [3.8, 4) is 28.6 Å². The minimum Gasteiger partial charge on any atom is -0.491 e. The van der Waals surface area contributed by atoms with Gasteiger partial charge in [-0.1, -0.05) is 0 Å². The number of ether oxygens (including phenoxy) is 4. The minimum absolute atomic E-state index is 0.277. The summed E-state index contributed by atoms with van der Waals surface area (Å²) in [5.41, 5.74) is 1.82. The summed E-state index contributed by atoms with van der Waals surface area (Å²) in [7, 11) is 3.81. The number of benzene rings is 2. The van der Waals surface area contributed by atoms with Crippen LogP contribution in [0.25, 0.3) is 22.3 Å². The molecule has 5 rings (SSSR count). The van der Waals surface area contributed by atoms with Crippen LogP contribution in [-0.2, 0) is 23.6 Å². The second-order valence-corrected chi connectivity index (χ2v) is 8.05. The van der Waals surface area contributed by atoms with E-state index in [1.54, 1.807) is 11.0 Å². The second-order valence-electron chi connectivity index (χ2n) is 8.05. The average molecular weight is 450 g/mol. The number of aromatic nitrogens is 5. The summed E-state index contributed by atoms with van der Waals surface area (Å²) in [5, 5.41) is 13.6. The van der Waals surface area contributed by atoms with Crippen LogP contribution in [-0.4, -0.2) is 57.1 Å². The predicted molar refractivity (Wildman–Crippen MR) is 123 cm³/mol. The zero-order valence-electron chi connectivity index (χ0n) is 18.8. The van der Waals surface area contributed by atoms with Gasteiger partial charge in [0.1, 0.15) is 29.9 Å². The molecule has 9 nitrogen and oxygen atoms in total. The van der Waals surface area contributed by atoms with Crippen LogP contribution in [0.15, 0.2) is 48.9 Å². The number of nitrogens with zero attached hydrogens (tertiary/aromatic N) is 5. The molecule has 33 heavy (non-hydrogen) atoms. The first-order valence-corrected chi connectivity index (χ1v) is 11.1. The van der Waals surface area contributed by atoms with Crippen molar-refractivity contribution in [2.45, 2.75) is 18.9 Å². The first-order chi connectivity index (χ1) is 16.2. The van der Waals surface area contributed by atoms with E-state index in [-0.39, 0.29) is 6.10 Å². The van der Waals surface area contributed by atoms with Crippen LogP contribution < -0.4 is 9.47 Å². The summed E-state index contributed by atoms with van der Waals surface area (Å²) in [6.07, 6.45) is 5.68. The largest absolute Gasteiger partial charge is 0.491 e. The van der Waals surface area contributed by atoms with Gasteiger partial charge in [-0.05, 0) is 49.2 Å². The summed E-state index contributed by atoms with van der Waals surface area (Å²) in [6.45, 7) is 2.63. The van der Waals surface area contributed by atoms with E-state index in [1.165, 1.54) is 0 Å². The molecule has 2 aromatic heterocycles. The number of fused-ring (bicyclic) bond motifs is 1. The Morgan fingerprint density at radius 3 is 2.58 bits per heavy atom. The molecule has 0 aliphatic carbocycles. The van der Waals surface area contributed by atoms with Crippen LogP contribution >= 0.6 is 0 Å². The second kappa shape index (κ2) is 9.60. The van der Waals surface area contributed by atoms with Crippen molar-refractivity contribution in [3.05, 3.63) is 48.9 Å². The fraction of sp³-hybridized carbons (Fsp3) is 0.375. The van der Waals surface area contributed by atoms with Crippen molar-refractivity contribution in [1.29, 1.82) is 0 Å². The van der Waals surface area contributed by atoms with Crippen molar-refractivity contribution in [2.75, 3.05) is 26.4 Å². The van der Waals surface area contributed by atoms with E-state index in [0.29, 0.717) is 24.7 Å². The third-order valence-electron chi connectivity index (χ3n) is 5.69. The van der Waals surface area contributed by atoms with Gasteiger partial charge in [-0.15, -0.1) is 10.2 Å². The highest BCUT2D eigenvalue weighted by Crippen LogP contribution is 2.34. The van der Waals surface area contributed by atoms with Crippen LogP contribution in [0.4, 0.5) is 0 Å². The van der Waals surface area contributed by atoms with Crippen LogP contribution in [0.5, 0.6) is 17.2 Å². The Kier molecular flexibility index (Phi) is 6.23. The van der Waals surface area contributed by atoms with E-state index in [1.807, 2.05) is 61.3 Å². The highest BCUT2D eigenvalue weighted by molar-refractivity contribution is 5.89. The first-order valence-electron chi connectivity index (χ1n) is 11.1. The number of hydrogen-bond donors (Lipinski definition) is 0. The Balaban J connectivity index is 1.26. The van der Waals surface area contributed by atoms with Crippen molar-refractivity contribution in [2.24, 2.45) is 14.1 Å². The maximum Gasteiger partial charge on any atom is 0.163 e. The van der Waals surface area contributed by atoms with Gasteiger partial charge < -0.3 is 23.5 Å². The average Bonchev–Trinajstić information content (AvgIpc) is 3.44. The third kappa shape index (κ3) is 4.84. The zero-order valence-corrected chi connectivity index (χ0v) is 18.8. The smallest absolute Gasteiger partial charge is 0.163 e. The molecule has 1 fully saturated rings. The maximum atomic E-state index is 6.26. The van der Waals surface area contributed by atoms with E-state index in [2.05, 4.69) is 15.3 Å². The van der Waals surface area contributed by atoms with Crippen molar-refractivity contribution in [3.63, 3.8) is 0 Å².